The first-order valence-electron chi connectivity index (χ1n) is 8.38. The van der Waals surface area contributed by atoms with Gasteiger partial charge in [0.15, 0.2) is 16.8 Å². The lowest BCUT2D eigenvalue weighted by Gasteiger charge is -2.39. The summed E-state index contributed by atoms with van der Waals surface area (Å²) in [7, 11) is 3.15. The van der Waals surface area contributed by atoms with Gasteiger partial charge in [-0.3, -0.25) is 13.9 Å². The van der Waals surface area contributed by atoms with E-state index in [9.17, 15) is 27.9 Å². The van der Waals surface area contributed by atoms with Gasteiger partial charge < -0.3 is 9.67 Å². The molecule has 0 radical (unpaired) electrons. The number of hydrogen-bond acceptors (Lipinski definition) is 4. The topological polar surface area (TPSA) is 82.1 Å². The number of halogens is 3. The summed E-state index contributed by atoms with van der Waals surface area (Å²) in [6, 6.07) is -0.499. The molecule has 1 fully saturated rings. The second kappa shape index (κ2) is 5.97. The fourth-order valence-corrected chi connectivity index (χ4v) is 3.81. The molecule has 26 heavy (non-hydrogen) atoms. The van der Waals surface area contributed by atoms with Crippen molar-refractivity contribution in [1.29, 1.82) is 0 Å². The molecule has 2 aromatic heterocycles. The van der Waals surface area contributed by atoms with E-state index in [1.807, 2.05) is 0 Å². The molecule has 7 nitrogen and oxygen atoms in total. The summed E-state index contributed by atoms with van der Waals surface area (Å²) in [5, 5.41) is 9.86. The van der Waals surface area contributed by atoms with Crippen LogP contribution >= 0.6 is 0 Å². The van der Waals surface area contributed by atoms with Crippen LogP contribution in [0.5, 0.6) is 0 Å². The van der Waals surface area contributed by atoms with Crippen molar-refractivity contribution >= 4 is 11.2 Å². The minimum Gasteiger partial charge on any atom is -0.380 e. The Morgan fingerprint density at radius 2 is 1.73 bits per heavy atom. The largest absolute Gasteiger partial charge is 0.417 e. The Morgan fingerprint density at radius 1 is 1.15 bits per heavy atom. The lowest BCUT2D eigenvalue weighted by molar-refractivity contribution is -0.275. The van der Waals surface area contributed by atoms with E-state index >= 15 is 0 Å². The van der Waals surface area contributed by atoms with E-state index in [1.54, 1.807) is 7.05 Å². The Kier molecular flexibility index (Phi) is 4.29. The van der Waals surface area contributed by atoms with Crippen LogP contribution in [-0.2, 0) is 14.1 Å². The summed E-state index contributed by atoms with van der Waals surface area (Å²) in [5.74, 6) is -0.960. The van der Waals surface area contributed by atoms with E-state index < -0.39 is 35.0 Å². The third-order valence-electron chi connectivity index (χ3n) is 5.58. The number of alkyl halides is 3. The van der Waals surface area contributed by atoms with Gasteiger partial charge in [0.1, 0.15) is 0 Å². The van der Waals surface area contributed by atoms with Gasteiger partial charge in [-0.2, -0.15) is 13.2 Å². The van der Waals surface area contributed by atoms with E-state index in [-0.39, 0.29) is 36.8 Å². The highest BCUT2D eigenvalue weighted by Crippen LogP contribution is 2.44. The molecule has 0 aromatic carbocycles. The second-order valence-electron chi connectivity index (χ2n) is 7.20. The van der Waals surface area contributed by atoms with Crippen molar-refractivity contribution in [3.8, 4) is 0 Å². The lowest BCUT2D eigenvalue weighted by atomic mass is 9.76. The summed E-state index contributed by atoms with van der Waals surface area (Å²) in [5.41, 5.74) is -3.26. The summed E-state index contributed by atoms with van der Waals surface area (Å²) >= 11 is 0. The number of rotatable bonds is 2. The molecule has 2 aromatic rings. The van der Waals surface area contributed by atoms with Crippen LogP contribution < -0.4 is 11.2 Å². The maximum Gasteiger partial charge on any atom is 0.417 e. The zero-order valence-corrected chi connectivity index (χ0v) is 14.7. The molecule has 0 spiro atoms. The van der Waals surface area contributed by atoms with E-state index in [0.29, 0.717) is 0 Å². The number of imidazole rings is 1. The number of fused-ring (bicyclic) bond motifs is 1. The third kappa shape index (κ3) is 2.67. The molecule has 144 valence electrons. The standard InChI is InChI=1S/C16H21F3N4O3/c1-15(26,16(17,18)19)9-4-6-10(7-5-9)23-13(24)11-12(20-8-21(11)2)22(3)14(23)25/h8-10,26H,4-7H2,1-3H3. The quantitative estimate of drug-likeness (QED) is 0.863. The average Bonchev–Trinajstić information content (AvgIpc) is 2.94. The Morgan fingerprint density at radius 3 is 2.27 bits per heavy atom. The minimum atomic E-state index is -4.72. The first-order chi connectivity index (χ1) is 12.0. The normalized spacial score (nSPS) is 24.0. The van der Waals surface area contributed by atoms with E-state index in [4.69, 9.17) is 0 Å². The Bertz CT molecular complexity index is 947. The van der Waals surface area contributed by atoms with Crippen molar-refractivity contribution in [2.45, 2.75) is 50.4 Å². The highest BCUT2D eigenvalue weighted by atomic mass is 19.4. The number of hydrogen-bond donors (Lipinski definition) is 1. The smallest absolute Gasteiger partial charge is 0.380 e. The molecule has 0 saturated heterocycles. The molecule has 1 atom stereocenters. The molecule has 10 heteroatoms. The predicted molar refractivity (Wildman–Crippen MR) is 87.9 cm³/mol. The van der Waals surface area contributed by atoms with Crippen molar-refractivity contribution in [3.63, 3.8) is 0 Å². The van der Waals surface area contributed by atoms with Gasteiger partial charge in [-0.25, -0.2) is 9.78 Å². The molecular weight excluding hydrogens is 353 g/mol. The number of nitrogens with zero attached hydrogens (tertiary/aromatic N) is 4. The fourth-order valence-electron chi connectivity index (χ4n) is 3.81. The maximum atomic E-state index is 13.0. The van der Waals surface area contributed by atoms with Gasteiger partial charge in [0.05, 0.1) is 6.33 Å². The van der Waals surface area contributed by atoms with Crippen LogP contribution in [0.15, 0.2) is 15.9 Å². The summed E-state index contributed by atoms with van der Waals surface area (Å²) < 4.78 is 43.0. The second-order valence-corrected chi connectivity index (χ2v) is 7.20. The van der Waals surface area contributed by atoms with Crippen LogP contribution in [0.2, 0.25) is 0 Å². The zero-order chi connectivity index (χ0) is 19.4. The van der Waals surface area contributed by atoms with Gasteiger partial charge in [0.2, 0.25) is 0 Å². The molecule has 1 aliphatic carbocycles. The molecular formula is C16H21F3N4O3. The molecule has 0 amide bonds. The summed E-state index contributed by atoms with van der Waals surface area (Å²) in [4.78, 5) is 29.4. The van der Waals surface area contributed by atoms with Crippen LogP contribution in [0.4, 0.5) is 13.2 Å². The fraction of sp³-hybridized carbons (Fsp3) is 0.688. The van der Waals surface area contributed by atoms with Gasteiger partial charge in [0.25, 0.3) is 5.56 Å². The van der Waals surface area contributed by atoms with Crippen LogP contribution in [0.3, 0.4) is 0 Å². The Hall–Kier alpha value is -2.10. The van der Waals surface area contributed by atoms with Crippen LogP contribution in [0, 0.1) is 5.92 Å². The first-order valence-corrected chi connectivity index (χ1v) is 8.38. The highest BCUT2D eigenvalue weighted by Gasteiger charge is 2.55. The molecule has 1 aliphatic rings. The predicted octanol–water partition coefficient (Wildman–Crippen LogP) is 1.48. The Labute approximate surface area is 146 Å². The van der Waals surface area contributed by atoms with Crippen molar-refractivity contribution in [3.05, 3.63) is 27.2 Å². The molecule has 0 aliphatic heterocycles. The summed E-state index contributed by atoms with van der Waals surface area (Å²) in [6.07, 6.45) is -2.68. The van der Waals surface area contributed by atoms with Gasteiger partial charge in [-0.15, -0.1) is 0 Å². The van der Waals surface area contributed by atoms with Crippen molar-refractivity contribution < 1.29 is 18.3 Å². The number of aliphatic hydroxyl groups is 1. The highest BCUT2D eigenvalue weighted by molar-refractivity contribution is 5.69. The molecule has 1 N–H and O–H groups in total. The van der Waals surface area contributed by atoms with Crippen molar-refractivity contribution in [2.24, 2.45) is 20.0 Å². The molecule has 1 unspecified atom stereocenters. The first kappa shape index (κ1) is 18.7. The maximum absolute atomic E-state index is 13.0. The van der Waals surface area contributed by atoms with Gasteiger partial charge in [-0.05, 0) is 38.5 Å². The number of aromatic nitrogens is 4. The van der Waals surface area contributed by atoms with Crippen LogP contribution in [0.25, 0.3) is 11.2 Å². The van der Waals surface area contributed by atoms with Crippen molar-refractivity contribution in [2.75, 3.05) is 0 Å². The van der Waals surface area contributed by atoms with Gasteiger partial charge in [-0.1, -0.05) is 0 Å². The molecule has 3 rings (SSSR count). The van der Waals surface area contributed by atoms with E-state index in [0.717, 1.165) is 11.5 Å². The average molecular weight is 374 g/mol. The third-order valence-corrected chi connectivity index (χ3v) is 5.58. The van der Waals surface area contributed by atoms with Crippen LogP contribution in [-0.4, -0.2) is 35.6 Å². The Balaban J connectivity index is 1.95. The van der Waals surface area contributed by atoms with Crippen molar-refractivity contribution in [1.82, 2.24) is 18.7 Å². The SMILES string of the molecule is Cn1cnc2c1c(=O)n(C1CCC(C(C)(O)C(F)(F)F)CC1)c(=O)n2C. The monoisotopic (exact) mass is 374 g/mol. The van der Waals surface area contributed by atoms with E-state index in [1.165, 1.54) is 22.5 Å². The molecule has 1 saturated carbocycles. The van der Waals surface area contributed by atoms with Crippen LogP contribution in [0.1, 0.15) is 38.6 Å². The number of aryl methyl sites for hydroxylation is 2. The lowest BCUT2D eigenvalue weighted by Crippen LogP contribution is -2.50. The molecule has 0 bridgehead atoms. The van der Waals surface area contributed by atoms with Gasteiger partial charge in [0, 0.05) is 20.1 Å². The summed E-state index contributed by atoms with van der Waals surface area (Å²) in [6.45, 7) is 0.783. The van der Waals surface area contributed by atoms with E-state index in [2.05, 4.69) is 4.98 Å². The van der Waals surface area contributed by atoms with Gasteiger partial charge >= 0.3 is 11.9 Å². The minimum absolute atomic E-state index is 0.0796. The molecule has 2 heterocycles. The zero-order valence-electron chi connectivity index (χ0n) is 14.7.